The number of hydrogen-bond acceptors (Lipinski definition) is 5. The SMILES string of the molecule is Cc1ccc(N([O-])O)c(N2CCC(n3c(=N)n(Cc4ccccc4C)c4ccccc43)CC2)c1. The molecule has 3 aromatic carbocycles. The van der Waals surface area contributed by atoms with Crippen molar-refractivity contribution in [3.8, 4) is 0 Å². The fraction of sp³-hybridized carbons (Fsp3) is 0.296. The molecular formula is C27H30N5O2-. The van der Waals surface area contributed by atoms with E-state index in [2.05, 4.69) is 51.3 Å². The van der Waals surface area contributed by atoms with Crippen LogP contribution >= 0.6 is 0 Å². The summed E-state index contributed by atoms with van der Waals surface area (Å²) in [6.45, 7) is 6.26. The number of nitrogens with one attached hydrogen (secondary N) is 1. The number of hydrogen-bond donors (Lipinski definition) is 2. The van der Waals surface area contributed by atoms with Crippen LogP contribution in [0.15, 0.2) is 66.7 Å². The average molecular weight is 457 g/mol. The van der Waals surface area contributed by atoms with Crippen LogP contribution in [-0.4, -0.2) is 27.4 Å². The quantitative estimate of drug-likeness (QED) is 0.408. The van der Waals surface area contributed by atoms with E-state index in [1.807, 2.05) is 37.3 Å². The second kappa shape index (κ2) is 9.00. The zero-order valence-electron chi connectivity index (χ0n) is 19.6. The second-order valence-electron chi connectivity index (χ2n) is 9.18. The van der Waals surface area contributed by atoms with E-state index in [1.165, 1.54) is 11.1 Å². The first-order valence-corrected chi connectivity index (χ1v) is 11.7. The summed E-state index contributed by atoms with van der Waals surface area (Å²) in [4.78, 5) is 2.16. The smallest absolute Gasteiger partial charge is 0.203 e. The molecule has 1 saturated heterocycles. The molecule has 0 saturated carbocycles. The van der Waals surface area contributed by atoms with E-state index in [1.54, 1.807) is 6.07 Å². The van der Waals surface area contributed by atoms with Crippen LogP contribution in [-0.2, 0) is 6.54 Å². The Morgan fingerprint density at radius 1 is 0.971 bits per heavy atom. The number of para-hydroxylation sites is 2. The lowest BCUT2D eigenvalue weighted by Crippen LogP contribution is -2.38. The first-order valence-electron chi connectivity index (χ1n) is 11.7. The molecule has 1 aromatic heterocycles. The molecule has 0 unspecified atom stereocenters. The molecule has 0 amide bonds. The number of fused-ring (bicyclic) bond motifs is 1. The summed E-state index contributed by atoms with van der Waals surface area (Å²) in [7, 11) is 0. The Hall–Kier alpha value is -3.55. The van der Waals surface area contributed by atoms with Crippen molar-refractivity contribution in [2.75, 3.05) is 23.2 Å². The van der Waals surface area contributed by atoms with E-state index in [-0.39, 0.29) is 17.0 Å². The van der Waals surface area contributed by atoms with Gasteiger partial charge in [-0.05, 0) is 67.6 Å². The molecule has 0 aliphatic carbocycles. The van der Waals surface area contributed by atoms with Gasteiger partial charge >= 0.3 is 0 Å². The van der Waals surface area contributed by atoms with Gasteiger partial charge in [-0.3, -0.25) is 10.6 Å². The average Bonchev–Trinajstić information content (AvgIpc) is 3.11. The number of rotatable bonds is 5. The molecule has 0 bridgehead atoms. The van der Waals surface area contributed by atoms with Crippen LogP contribution in [0.25, 0.3) is 11.0 Å². The van der Waals surface area contributed by atoms with Crippen LogP contribution in [0.1, 0.15) is 35.6 Å². The van der Waals surface area contributed by atoms with E-state index < -0.39 is 0 Å². The summed E-state index contributed by atoms with van der Waals surface area (Å²) in [5.74, 6) is 0. The predicted molar refractivity (Wildman–Crippen MR) is 135 cm³/mol. The van der Waals surface area contributed by atoms with Crippen molar-refractivity contribution in [2.24, 2.45) is 0 Å². The maximum absolute atomic E-state index is 11.7. The van der Waals surface area contributed by atoms with Gasteiger partial charge in [0, 0.05) is 19.1 Å². The summed E-state index contributed by atoms with van der Waals surface area (Å²) < 4.78 is 4.28. The zero-order chi connectivity index (χ0) is 23.8. The summed E-state index contributed by atoms with van der Waals surface area (Å²) in [6.07, 6.45) is 1.71. The highest BCUT2D eigenvalue weighted by molar-refractivity contribution is 5.76. The molecule has 7 heteroatoms. The van der Waals surface area contributed by atoms with E-state index in [9.17, 15) is 10.4 Å². The Morgan fingerprint density at radius 3 is 2.35 bits per heavy atom. The van der Waals surface area contributed by atoms with Crippen LogP contribution in [0, 0.1) is 24.5 Å². The van der Waals surface area contributed by atoms with Crippen molar-refractivity contribution in [2.45, 2.75) is 39.3 Å². The monoisotopic (exact) mass is 456 g/mol. The standard InChI is InChI=1S/C27H30N5O2/c1-19-11-12-25(32(33)34)26(17-19)29-15-13-22(14-16-29)31-24-10-6-5-9-23(24)30(27(31)28)18-21-8-4-3-7-20(21)2/h3-12,17,22,28,33H,13-16,18H2,1-2H3/q-1. The topological polar surface area (TPSA) is 83.5 Å². The van der Waals surface area contributed by atoms with Gasteiger partial charge in [-0.1, -0.05) is 42.5 Å². The number of piperidine rings is 1. The number of benzene rings is 3. The van der Waals surface area contributed by atoms with Gasteiger partial charge in [0.15, 0.2) is 0 Å². The van der Waals surface area contributed by atoms with Gasteiger partial charge in [-0.15, -0.1) is 0 Å². The Labute approximate surface area is 199 Å². The number of anilines is 2. The van der Waals surface area contributed by atoms with Crippen LogP contribution in [0.5, 0.6) is 0 Å². The Morgan fingerprint density at radius 2 is 1.65 bits per heavy atom. The Bertz CT molecular complexity index is 1380. The minimum absolute atomic E-state index is 0.0449. The van der Waals surface area contributed by atoms with E-state index in [4.69, 9.17) is 5.41 Å². The normalized spacial score (nSPS) is 14.6. The fourth-order valence-corrected chi connectivity index (χ4v) is 5.16. The van der Waals surface area contributed by atoms with E-state index >= 15 is 0 Å². The van der Waals surface area contributed by atoms with E-state index in [0.29, 0.717) is 12.2 Å². The third-order valence-electron chi connectivity index (χ3n) is 7.01. The van der Waals surface area contributed by atoms with Crippen molar-refractivity contribution >= 4 is 22.4 Å². The van der Waals surface area contributed by atoms with Crippen molar-refractivity contribution < 1.29 is 5.21 Å². The van der Waals surface area contributed by atoms with Gasteiger partial charge in [0.1, 0.15) is 0 Å². The van der Waals surface area contributed by atoms with Gasteiger partial charge in [-0.2, -0.15) is 0 Å². The molecule has 7 nitrogen and oxygen atoms in total. The molecule has 2 N–H and O–H groups in total. The third-order valence-corrected chi connectivity index (χ3v) is 7.01. The number of imidazole rings is 1. The van der Waals surface area contributed by atoms with E-state index in [0.717, 1.165) is 48.2 Å². The molecule has 0 atom stereocenters. The Kier molecular flexibility index (Phi) is 5.89. The van der Waals surface area contributed by atoms with Crippen molar-refractivity contribution in [3.63, 3.8) is 0 Å². The predicted octanol–water partition coefficient (Wildman–Crippen LogP) is 5.12. The summed E-state index contributed by atoms with van der Waals surface area (Å²) in [5, 5.41) is 30.3. The van der Waals surface area contributed by atoms with Crippen LogP contribution in [0.3, 0.4) is 0 Å². The van der Waals surface area contributed by atoms with Crippen molar-refractivity contribution in [1.82, 2.24) is 9.13 Å². The van der Waals surface area contributed by atoms with Gasteiger partial charge in [0.25, 0.3) is 0 Å². The maximum atomic E-state index is 11.7. The van der Waals surface area contributed by atoms with Crippen LogP contribution < -0.4 is 15.7 Å². The van der Waals surface area contributed by atoms with Crippen LogP contribution in [0.4, 0.5) is 11.4 Å². The number of nitrogens with zero attached hydrogens (tertiary/aromatic N) is 4. The van der Waals surface area contributed by atoms with Gasteiger partial charge < -0.3 is 24.5 Å². The first-order chi connectivity index (χ1) is 16.4. The second-order valence-corrected chi connectivity index (χ2v) is 9.18. The molecular weight excluding hydrogens is 426 g/mol. The fourth-order valence-electron chi connectivity index (χ4n) is 5.16. The molecule has 0 radical (unpaired) electrons. The molecule has 1 aliphatic heterocycles. The molecule has 1 fully saturated rings. The molecule has 0 spiro atoms. The lowest BCUT2D eigenvalue weighted by Gasteiger charge is -2.37. The van der Waals surface area contributed by atoms with Crippen LogP contribution in [0.2, 0.25) is 0 Å². The summed E-state index contributed by atoms with van der Waals surface area (Å²) in [5.41, 5.74) is 7.19. The molecule has 1 aliphatic rings. The highest BCUT2D eigenvalue weighted by Gasteiger charge is 2.25. The minimum Gasteiger partial charge on any atom is -0.733 e. The van der Waals surface area contributed by atoms with Gasteiger partial charge in [0.05, 0.1) is 29.0 Å². The molecule has 5 rings (SSSR count). The minimum atomic E-state index is -0.0449. The Balaban J connectivity index is 1.46. The first kappa shape index (κ1) is 22.3. The lowest BCUT2D eigenvalue weighted by atomic mass is 10.0. The lowest BCUT2D eigenvalue weighted by molar-refractivity contribution is 0.296. The number of aryl methyl sites for hydroxylation is 2. The zero-order valence-corrected chi connectivity index (χ0v) is 19.6. The largest absolute Gasteiger partial charge is 0.733 e. The van der Waals surface area contributed by atoms with Gasteiger partial charge in [0.2, 0.25) is 5.62 Å². The third kappa shape index (κ3) is 3.97. The molecule has 4 aromatic rings. The van der Waals surface area contributed by atoms with Gasteiger partial charge in [-0.25, -0.2) is 0 Å². The maximum Gasteiger partial charge on any atom is 0.203 e. The highest BCUT2D eigenvalue weighted by atomic mass is 16.8. The highest BCUT2D eigenvalue weighted by Crippen LogP contribution is 2.34. The molecule has 2 heterocycles. The number of aromatic nitrogens is 2. The van der Waals surface area contributed by atoms with Crippen molar-refractivity contribution in [3.05, 3.63) is 94.2 Å². The van der Waals surface area contributed by atoms with Crippen molar-refractivity contribution in [1.29, 1.82) is 5.41 Å². The summed E-state index contributed by atoms with van der Waals surface area (Å²) in [6, 6.07) is 22.3. The molecule has 34 heavy (non-hydrogen) atoms. The molecule has 176 valence electrons. The summed E-state index contributed by atoms with van der Waals surface area (Å²) >= 11 is 0.